The number of aliphatic hydroxyl groups excluding tert-OH is 2. The maximum Gasteiger partial charge on any atom is 0.328 e. The van der Waals surface area contributed by atoms with Crippen molar-refractivity contribution >= 4 is 17.2 Å². The Morgan fingerprint density at radius 3 is 2.88 bits per heavy atom. The molecule has 0 saturated carbocycles. The van der Waals surface area contributed by atoms with Gasteiger partial charge in [0.05, 0.1) is 24.1 Å². The van der Waals surface area contributed by atoms with E-state index in [0.29, 0.717) is 10.4 Å². The van der Waals surface area contributed by atoms with Gasteiger partial charge in [-0.25, -0.2) is 4.79 Å². The molecule has 0 radical (unpaired) electrons. The lowest BCUT2D eigenvalue weighted by Gasteiger charge is -2.38. The molecule has 3 heterocycles. The summed E-state index contributed by atoms with van der Waals surface area (Å²) in [5.41, 5.74) is -0.761. The topological polar surface area (TPSA) is 134 Å². The average Bonchev–Trinajstić information content (AvgIpc) is 3.14. The first-order valence-electron chi connectivity index (χ1n) is 7.99. The highest BCUT2D eigenvalue weighted by molar-refractivity contribution is 7.12. The number of amides is 1. The molecule has 1 fully saturated rings. The van der Waals surface area contributed by atoms with Crippen LogP contribution in [-0.4, -0.2) is 56.6 Å². The predicted octanol–water partition coefficient (Wildman–Crippen LogP) is -1.17. The number of nitrogens with one attached hydrogen (secondary N) is 2. The zero-order valence-electron chi connectivity index (χ0n) is 13.9. The van der Waals surface area contributed by atoms with Crippen molar-refractivity contribution in [2.75, 3.05) is 6.61 Å². The van der Waals surface area contributed by atoms with Crippen molar-refractivity contribution in [3.63, 3.8) is 0 Å². The van der Waals surface area contributed by atoms with Crippen LogP contribution in [0.15, 0.2) is 33.3 Å². The Morgan fingerprint density at radius 2 is 2.19 bits per heavy atom. The largest absolute Gasteiger partial charge is 0.388 e. The van der Waals surface area contributed by atoms with Gasteiger partial charge < -0.3 is 20.3 Å². The first kappa shape index (κ1) is 18.5. The Balaban J connectivity index is 1.67. The van der Waals surface area contributed by atoms with Crippen molar-refractivity contribution in [1.82, 2.24) is 14.9 Å². The summed E-state index contributed by atoms with van der Waals surface area (Å²) in [5.74, 6) is -0.356. The molecule has 0 unspecified atom stereocenters. The molecule has 1 aliphatic heterocycles. The lowest BCUT2D eigenvalue weighted by atomic mass is 9.97. The molecule has 26 heavy (non-hydrogen) atoms. The summed E-state index contributed by atoms with van der Waals surface area (Å²) in [5, 5.41) is 25.0. The minimum absolute atomic E-state index is 0.0168. The van der Waals surface area contributed by atoms with Crippen LogP contribution in [0.25, 0.3) is 0 Å². The molecule has 0 aliphatic carbocycles. The second kappa shape index (κ2) is 7.54. The number of ether oxygens (including phenoxy) is 1. The van der Waals surface area contributed by atoms with Gasteiger partial charge in [-0.2, -0.15) is 0 Å². The molecule has 1 saturated heterocycles. The molecule has 140 valence electrons. The lowest BCUT2D eigenvalue weighted by Crippen LogP contribution is -2.60. The fraction of sp³-hybridized carbons (Fsp3) is 0.438. The van der Waals surface area contributed by atoms with Crippen molar-refractivity contribution in [1.29, 1.82) is 0 Å². The molecule has 0 bridgehead atoms. The van der Waals surface area contributed by atoms with E-state index in [1.807, 2.05) is 0 Å². The van der Waals surface area contributed by atoms with E-state index in [1.165, 1.54) is 22.1 Å². The van der Waals surface area contributed by atoms with E-state index < -0.39 is 35.6 Å². The zero-order valence-corrected chi connectivity index (χ0v) is 14.7. The summed E-state index contributed by atoms with van der Waals surface area (Å²) in [6.07, 6.45) is -2.05. The van der Waals surface area contributed by atoms with E-state index in [4.69, 9.17) is 4.74 Å². The Hall–Kier alpha value is -2.27. The Morgan fingerprint density at radius 1 is 1.42 bits per heavy atom. The molecule has 1 aliphatic rings. The number of rotatable bonds is 4. The zero-order chi connectivity index (χ0) is 18.8. The van der Waals surface area contributed by atoms with Crippen LogP contribution in [-0.2, 0) is 11.3 Å². The maximum atomic E-state index is 12.1. The highest BCUT2D eigenvalue weighted by atomic mass is 32.1. The van der Waals surface area contributed by atoms with Crippen LogP contribution < -0.4 is 16.6 Å². The van der Waals surface area contributed by atoms with Crippen LogP contribution >= 0.6 is 11.3 Å². The standard InChI is InChI=1S/C16H19N3O6S/c1-8-5-19(16(24)18-14(8)22)6-10-13(21)12(20)9(7-25-10)17-15(23)11-3-2-4-26-11/h2-5,9-10,12-13,20-21H,6-7H2,1H3,(H,17,23)(H,18,22,24)/t9-,10-,12+,13-/m1/s1. The fourth-order valence-electron chi connectivity index (χ4n) is 2.77. The molecule has 1 amide bonds. The molecular weight excluding hydrogens is 362 g/mol. The van der Waals surface area contributed by atoms with E-state index in [2.05, 4.69) is 10.3 Å². The van der Waals surface area contributed by atoms with Crippen LogP contribution in [0, 0.1) is 6.92 Å². The number of carbonyl (C=O) groups is 1. The third kappa shape index (κ3) is 3.78. The van der Waals surface area contributed by atoms with Crippen LogP contribution in [0.3, 0.4) is 0 Å². The molecule has 4 N–H and O–H groups in total. The van der Waals surface area contributed by atoms with Gasteiger partial charge in [-0.05, 0) is 18.4 Å². The third-order valence-corrected chi connectivity index (χ3v) is 5.13. The quantitative estimate of drug-likeness (QED) is 0.527. The van der Waals surface area contributed by atoms with E-state index in [9.17, 15) is 24.6 Å². The lowest BCUT2D eigenvalue weighted by molar-refractivity contribution is -0.152. The minimum Gasteiger partial charge on any atom is -0.388 e. The second-order valence-corrected chi connectivity index (χ2v) is 7.08. The fourth-order valence-corrected chi connectivity index (χ4v) is 3.39. The Bertz CT molecular complexity index is 890. The number of H-pyrrole nitrogens is 1. The van der Waals surface area contributed by atoms with E-state index in [-0.39, 0.29) is 19.1 Å². The second-order valence-electron chi connectivity index (χ2n) is 6.13. The number of nitrogens with zero attached hydrogens (tertiary/aromatic N) is 1. The summed E-state index contributed by atoms with van der Waals surface area (Å²) in [7, 11) is 0. The van der Waals surface area contributed by atoms with Crippen LogP contribution in [0.1, 0.15) is 15.2 Å². The van der Waals surface area contributed by atoms with E-state index >= 15 is 0 Å². The van der Waals surface area contributed by atoms with Crippen molar-refractivity contribution in [2.45, 2.75) is 37.8 Å². The number of carbonyl (C=O) groups excluding carboxylic acids is 1. The number of hydrogen-bond acceptors (Lipinski definition) is 7. The maximum absolute atomic E-state index is 12.1. The molecule has 0 aromatic carbocycles. The van der Waals surface area contributed by atoms with Crippen LogP contribution in [0.2, 0.25) is 0 Å². The SMILES string of the molecule is Cc1cn(C[C@H]2OC[C@@H](NC(=O)c3cccs3)[C@H](O)[C@@H]2O)c(=O)[nH]c1=O. The van der Waals surface area contributed by atoms with Gasteiger partial charge in [0.15, 0.2) is 0 Å². The van der Waals surface area contributed by atoms with Crippen molar-refractivity contribution in [3.05, 3.63) is 55.0 Å². The van der Waals surface area contributed by atoms with Gasteiger partial charge in [0.1, 0.15) is 18.3 Å². The molecule has 0 spiro atoms. The van der Waals surface area contributed by atoms with Gasteiger partial charge in [0.25, 0.3) is 11.5 Å². The minimum atomic E-state index is -1.31. The van der Waals surface area contributed by atoms with Crippen LogP contribution in [0.4, 0.5) is 0 Å². The Labute approximate surface area is 151 Å². The summed E-state index contributed by atoms with van der Waals surface area (Å²) in [6.45, 7) is 1.50. The summed E-state index contributed by atoms with van der Waals surface area (Å²) in [4.78, 5) is 38.0. The van der Waals surface area contributed by atoms with Gasteiger partial charge in [-0.15, -0.1) is 11.3 Å². The smallest absolute Gasteiger partial charge is 0.328 e. The number of aliphatic hydroxyl groups is 2. The highest BCUT2D eigenvalue weighted by Crippen LogP contribution is 2.18. The van der Waals surface area contributed by atoms with E-state index in [0.717, 1.165) is 0 Å². The molecular formula is C16H19N3O6S. The average molecular weight is 381 g/mol. The molecule has 9 nitrogen and oxygen atoms in total. The Kier molecular flexibility index (Phi) is 5.37. The first-order valence-corrected chi connectivity index (χ1v) is 8.87. The van der Waals surface area contributed by atoms with Crippen LogP contribution in [0.5, 0.6) is 0 Å². The van der Waals surface area contributed by atoms with E-state index in [1.54, 1.807) is 24.4 Å². The number of hydrogen-bond donors (Lipinski definition) is 4. The van der Waals surface area contributed by atoms with Gasteiger partial charge in [-0.1, -0.05) is 6.07 Å². The van der Waals surface area contributed by atoms with Crippen molar-refractivity contribution in [3.8, 4) is 0 Å². The molecule has 2 aromatic heterocycles. The van der Waals surface area contributed by atoms with Gasteiger partial charge in [0, 0.05) is 11.8 Å². The number of thiophene rings is 1. The van der Waals surface area contributed by atoms with Gasteiger partial charge in [0.2, 0.25) is 0 Å². The highest BCUT2D eigenvalue weighted by Gasteiger charge is 2.39. The number of aryl methyl sites for hydroxylation is 1. The van der Waals surface area contributed by atoms with Crippen molar-refractivity contribution in [2.24, 2.45) is 0 Å². The number of aromatic amines is 1. The predicted molar refractivity (Wildman–Crippen MR) is 93.4 cm³/mol. The normalized spacial score (nSPS) is 25.8. The third-order valence-electron chi connectivity index (χ3n) is 4.26. The first-order chi connectivity index (χ1) is 12.4. The summed E-state index contributed by atoms with van der Waals surface area (Å²) >= 11 is 1.26. The van der Waals surface area contributed by atoms with Gasteiger partial charge in [-0.3, -0.25) is 19.1 Å². The molecule has 2 aromatic rings. The monoisotopic (exact) mass is 381 g/mol. The summed E-state index contributed by atoms with van der Waals surface area (Å²) < 4.78 is 6.76. The molecule has 4 atom stereocenters. The summed E-state index contributed by atoms with van der Waals surface area (Å²) in [6, 6.07) is 2.62. The number of aromatic nitrogens is 2. The van der Waals surface area contributed by atoms with Crippen molar-refractivity contribution < 1.29 is 19.7 Å². The molecule has 3 rings (SSSR count). The molecule has 10 heteroatoms. The van der Waals surface area contributed by atoms with Gasteiger partial charge >= 0.3 is 5.69 Å².